The monoisotopic (exact) mass is 437 g/mol. The van der Waals surface area contributed by atoms with Gasteiger partial charge in [0, 0.05) is 16.8 Å². The van der Waals surface area contributed by atoms with E-state index in [1.165, 1.54) is 4.90 Å². The summed E-state index contributed by atoms with van der Waals surface area (Å²) in [7, 11) is 0. The number of amides is 3. The van der Waals surface area contributed by atoms with E-state index in [1.54, 1.807) is 32.0 Å². The standard InChI is InChI=1S/C25H31N3O4/c1-15-8-10-18(16(2)12-15)26-21(29)14-28-19-13-17(22(30)27-24(3,4)5)9-11-20(19)32-25(6,7)23(28)31/h8-13H,14H2,1-7H3,(H,26,29)(H,27,30). The molecule has 32 heavy (non-hydrogen) atoms. The van der Waals surface area contributed by atoms with Gasteiger partial charge < -0.3 is 15.4 Å². The van der Waals surface area contributed by atoms with E-state index in [0.29, 0.717) is 22.7 Å². The Morgan fingerprint density at radius 3 is 2.38 bits per heavy atom. The summed E-state index contributed by atoms with van der Waals surface area (Å²) in [5.74, 6) is -0.508. The van der Waals surface area contributed by atoms with E-state index < -0.39 is 11.1 Å². The smallest absolute Gasteiger partial charge is 0.271 e. The largest absolute Gasteiger partial charge is 0.476 e. The SMILES string of the molecule is Cc1ccc(NC(=O)CN2C(=O)C(C)(C)Oc3ccc(C(=O)NC(C)(C)C)cc32)c(C)c1. The van der Waals surface area contributed by atoms with Crippen LogP contribution in [0, 0.1) is 13.8 Å². The molecule has 0 saturated heterocycles. The Hall–Kier alpha value is -3.35. The molecule has 2 aromatic carbocycles. The van der Waals surface area contributed by atoms with E-state index in [-0.39, 0.29) is 24.3 Å². The number of aryl methyl sites for hydroxylation is 2. The summed E-state index contributed by atoms with van der Waals surface area (Å²) in [6, 6.07) is 10.6. The average molecular weight is 438 g/mol. The number of ether oxygens (including phenoxy) is 1. The zero-order valence-electron chi connectivity index (χ0n) is 19.8. The van der Waals surface area contributed by atoms with Crippen LogP contribution in [-0.2, 0) is 9.59 Å². The number of benzene rings is 2. The van der Waals surface area contributed by atoms with Crippen molar-refractivity contribution in [1.29, 1.82) is 0 Å². The van der Waals surface area contributed by atoms with E-state index in [9.17, 15) is 14.4 Å². The van der Waals surface area contributed by atoms with Crippen LogP contribution in [0.15, 0.2) is 36.4 Å². The fraction of sp³-hybridized carbons (Fsp3) is 0.400. The van der Waals surface area contributed by atoms with Crippen molar-refractivity contribution in [3.05, 3.63) is 53.1 Å². The normalized spacial score (nSPS) is 15.0. The zero-order valence-corrected chi connectivity index (χ0v) is 19.8. The number of rotatable bonds is 4. The summed E-state index contributed by atoms with van der Waals surface area (Å²) in [5.41, 5.74) is 1.96. The highest BCUT2D eigenvalue weighted by atomic mass is 16.5. The van der Waals surface area contributed by atoms with E-state index in [2.05, 4.69) is 10.6 Å². The number of carbonyl (C=O) groups excluding carboxylic acids is 3. The number of hydrogen-bond donors (Lipinski definition) is 2. The van der Waals surface area contributed by atoms with Crippen LogP contribution in [0.1, 0.15) is 56.1 Å². The van der Waals surface area contributed by atoms with Crippen molar-refractivity contribution in [2.45, 2.75) is 59.6 Å². The lowest BCUT2D eigenvalue weighted by atomic mass is 10.0. The van der Waals surface area contributed by atoms with E-state index in [4.69, 9.17) is 4.74 Å². The predicted molar refractivity (Wildman–Crippen MR) is 125 cm³/mol. The zero-order chi connectivity index (χ0) is 23.8. The third-order valence-corrected chi connectivity index (χ3v) is 5.08. The first-order chi connectivity index (χ1) is 14.8. The Balaban J connectivity index is 1.91. The summed E-state index contributed by atoms with van der Waals surface area (Å²) < 4.78 is 5.87. The van der Waals surface area contributed by atoms with Gasteiger partial charge in [0.05, 0.1) is 5.69 Å². The molecule has 2 aromatic rings. The van der Waals surface area contributed by atoms with Crippen LogP contribution in [0.5, 0.6) is 5.75 Å². The molecule has 0 radical (unpaired) electrons. The molecule has 1 aliphatic heterocycles. The Morgan fingerprint density at radius 2 is 1.75 bits per heavy atom. The predicted octanol–water partition coefficient (Wildman–Crippen LogP) is 3.97. The van der Waals surface area contributed by atoms with Crippen LogP contribution in [-0.4, -0.2) is 35.4 Å². The molecule has 2 N–H and O–H groups in total. The third kappa shape index (κ3) is 5.10. The van der Waals surface area contributed by atoms with Gasteiger partial charge in [-0.1, -0.05) is 17.7 Å². The summed E-state index contributed by atoms with van der Waals surface area (Å²) in [5, 5.41) is 5.79. The summed E-state index contributed by atoms with van der Waals surface area (Å²) in [6.07, 6.45) is 0. The number of nitrogens with zero attached hydrogens (tertiary/aromatic N) is 1. The maximum Gasteiger partial charge on any atom is 0.271 e. The third-order valence-electron chi connectivity index (χ3n) is 5.08. The molecule has 0 aliphatic carbocycles. The lowest BCUT2D eigenvalue weighted by Gasteiger charge is -2.38. The van der Waals surface area contributed by atoms with E-state index in [1.807, 2.05) is 52.8 Å². The van der Waals surface area contributed by atoms with E-state index >= 15 is 0 Å². The minimum atomic E-state index is -1.14. The molecule has 7 heteroatoms. The van der Waals surface area contributed by atoms with Crippen LogP contribution in [0.3, 0.4) is 0 Å². The fourth-order valence-corrected chi connectivity index (χ4v) is 3.57. The molecule has 0 aromatic heterocycles. The Morgan fingerprint density at radius 1 is 1.06 bits per heavy atom. The molecule has 0 spiro atoms. The molecule has 170 valence electrons. The first-order valence-corrected chi connectivity index (χ1v) is 10.6. The van der Waals surface area contributed by atoms with Gasteiger partial charge in [-0.2, -0.15) is 0 Å². The number of nitrogens with one attached hydrogen (secondary N) is 2. The Labute approximate surface area is 189 Å². The highest BCUT2D eigenvalue weighted by Gasteiger charge is 2.42. The van der Waals surface area contributed by atoms with Gasteiger partial charge in [-0.3, -0.25) is 19.3 Å². The van der Waals surface area contributed by atoms with Crippen molar-refractivity contribution in [1.82, 2.24) is 5.32 Å². The first kappa shape index (κ1) is 23.3. The molecule has 0 fully saturated rings. The van der Waals surface area contributed by atoms with Crippen molar-refractivity contribution in [2.75, 3.05) is 16.8 Å². The van der Waals surface area contributed by atoms with Crippen LogP contribution < -0.4 is 20.3 Å². The van der Waals surface area contributed by atoms with Crippen molar-refractivity contribution in [3.8, 4) is 5.75 Å². The number of carbonyl (C=O) groups is 3. The highest BCUT2D eigenvalue weighted by Crippen LogP contribution is 2.38. The van der Waals surface area contributed by atoms with Gasteiger partial charge in [0.25, 0.3) is 11.8 Å². The maximum absolute atomic E-state index is 13.1. The van der Waals surface area contributed by atoms with Crippen molar-refractivity contribution < 1.29 is 19.1 Å². The second-order valence-electron chi connectivity index (χ2n) is 9.76. The van der Waals surface area contributed by atoms with Gasteiger partial charge in [-0.15, -0.1) is 0 Å². The molecule has 0 atom stereocenters. The molecule has 7 nitrogen and oxygen atoms in total. The molecule has 3 rings (SSSR count). The molecule has 0 saturated carbocycles. The maximum atomic E-state index is 13.1. The van der Waals surface area contributed by atoms with Crippen molar-refractivity contribution in [2.24, 2.45) is 0 Å². The Bertz CT molecular complexity index is 1080. The first-order valence-electron chi connectivity index (χ1n) is 10.6. The lowest BCUT2D eigenvalue weighted by Crippen LogP contribution is -2.54. The fourth-order valence-electron chi connectivity index (χ4n) is 3.57. The second kappa shape index (κ2) is 8.30. The summed E-state index contributed by atoms with van der Waals surface area (Å²) in [4.78, 5) is 40.0. The molecule has 1 heterocycles. The molecular weight excluding hydrogens is 406 g/mol. The number of hydrogen-bond acceptors (Lipinski definition) is 4. The van der Waals surface area contributed by atoms with Gasteiger partial charge in [-0.05, 0) is 78.3 Å². The summed E-state index contributed by atoms with van der Waals surface area (Å²) in [6.45, 7) is 12.7. The molecule has 0 unspecified atom stereocenters. The lowest BCUT2D eigenvalue weighted by molar-refractivity contribution is -0.133. The number of anilines is 2. The highest BCUT2D eigenvalue weighted by molar-refractivity contribution is 6.08. The van der Waals surface area contributed by atoms with Crippen molar-refractivity contribution in [3.63, 3.8) is 0 Å². The molecule has 1 aliphatic rings. The second-order valence-corrected chi connectivity index (χ2v) is 9.76. The van der Waals surface area contributed by atoms with Gasteiger partial charge >= 0.3 is 0 Å². The van der Waals surface area contributed by atoms with E-state index in [0.717, 1.165) is 11.1 Å². The molecule has 3 amide bonds. The quantitative estimate of drug-likeness (QED) is 0.758. The summed E-state index contributed by atoms with van der Waals surface area (Å²) >= 11 is 0. The van der Waals surface area contributed by atoms with Crippen LogP contribution in [0.25, 0.3) is 0 Å². The molecular formula is C25H31N3O4. The van der Waals surface area contributed by atoms with Crippen LogP contribution >= 0.6 is 0 Å². The van der Waals surface area contributed by atoms with Gasteiger partial charge in [0.2, 0.25) is 5.91 Å². The van der Waals surface area contributed by atoms with Gasteiger partial charge in [0.15, 0.2) is 5.60 Å². The van der Waals surface area contributed by atoms with Crippen LogP contribution in [0.4, 0.5) is 11.4 Å². The van der Waals surface area contributed by atoms with Crippen LogP contribution in [0.2, 0.25) is 0 Å². The Kier molecular flexibility index (Phi) is 6.05. The topological polar surface area (TPSA) is 87.7 Å². The minimum absolute atomic E-state index is 0.198. The van der Waals surface area contributed by atoms with Crippen molar-refractivity contribution >= 4 is 29.1 Å². The average Bonchev–Trinajstić information content (AvgIpc) is 2.66. The molecule has 0 bridgehead atoms. The minimum Gasteiger partial charge on any atom is -0.476 e. The number of fused-ring (bicyclic) bond motifs is 1. The van der Waals surface area contributed by atoms with Gasteiger partial charge in [0.1, 0.15) is 12.3 Å². The van der Waals surface area contributed by atoms with Gasteiger partial charge in [-0.25, -0.2) is 0 Å².